The number of methoxy groups -OCH3 is 1. The van der Waals surface area contributed by atoms with Crippen molar-refractivity contribution in [3.63, 3.8) is 0 Å². The Hall–Kier alpha value is -3.25. The normalized spacial score (nSPS) is 17.4. The van der Waals surface area contributed by atoms with Crippen LogP contribution in [0.3, 0.4) is 0 Å². The van der Waals surface area contributed by atoms with Gasteiger partial charge in [-0.15, -0.1) is 0 Å². The molecule has 0 N–H and O–H groups in total. The maximum Gasteiger partial charge on any atom is 0.269 e. The Morgan fingerprint density at radius 1 is 0.976 bits per heavy atom. The Balaban J connectivity index is 1.55. The molecule has 0 aromatic heterocycles. The highest BCUT2D eigenvalue weighted by Crippen LogP contribution is 2.50. The van der Waals surface area contributed by atoms with Gasteiger partial charge in [0.2, 0.25) is 0 Å². The number of rotatable bonds is 11. The van der Waals surface area contributed by atoms with Gasteiger partial charge in [-0.05, 0) is 97.0 Å². The van der Waals surface area contributed by atoms with E-state index in [1.807, 2.05) is 19.1 Å². The number of non-ortho nitro benzene ring substituents is 1. The van der Waals surface area contributed by atoms with Gasteiger partial charge in [0.15, 0.2) is 23.1 Å². The van der Waals surface area contributed by atoms with Gasteiger partial charge in [-0.3, -0.25) is 19.7 Å². The van der Waals surface area contributed by atoms with Gasteiger partial charge in [-0.25, -0.2) is 0 Å². The van der Waals surface area contributed by atoms with Gasteiger partial charge in [0.1, 0.15) is 6.61 Å². The maximum atomic E-state index is 13.6. The van der Waals surface area contributed by atoms with Crippen molar-refractivity contribution in [2.45, 2.75) is 64.4 Å². The Bertz CT molecular complexity index is 1400. The van der Waals surface area contributed by atoms with E-state index in [4.69, 9.17) is 14.2 Å². The molecule has 0 atom stereocenters. The molecule has 1 aliphatic heterocycles. The number of ether oxygens (including phenoxy) is 3. The Labute approximate surface area is 259 Å². The van der Waals surface area contributed by atoms with Crippen LogP contribution in [0.15, 0.2) is 58.9 Å². The highest BCUT2D eigenvalue weighted by molar-refractivity contribution is 14.1. The summed E-state index contributed by atoms with van der Waals surface area (Å²) in [5.74, 6) is 0.874. The number of benzene rings is 2. The molecule has 10 heteroatoms. The first kappa shape index (κ1) is 30.2. The molecule has 2 aromatic carbocycles. The minimum atomic E-state index is -0.439. The molecule has 222 valence electrons. The third-order valence-corrected chi connectivity index (χ3v) is 8.81. The molecule has 5 rings (SSSR count). The number of carbonyl (C=O) groups excluding carboxylic acids is 2. The van der Waals surface area contributed by atoms with Crippen molar-refractivity contribution in [1.29, 1.82) is 0 Å². The number of nitro benzene ring substituents is 1. The summed E-state index contributed by atoms with van der Waals surface area (Å²) in [5, 5.41) is 11.0. The molecule has 42 heavy (non-hydrogen) atoms. The topological polar surface area (TPSA) is 108 Å². The third-order valence-electron chi connectivity index (χ3n) is 8.01. The summed E-state index contributed by atoms with van der Waals surface area (Å²) in [6, 6.07) is 10.2. The number of Topliss-reactive ketones (excluding diaryl/α,β-unsaturated/α-hetero) is 2. The zero-order chi connectivity index (χ0) is 29.8. The van der Waals surface area contributed by atoms with Gasteiger partial charge in [-0.1, -0.05) is 0 Å². The van der Waals surface area contributed by atoms with E-state index in [1.54, 1.807) is 19.2 Å². The van der Waals surface area contributed by atoms with Gasteiger partial charge < -0.3 is 19.1 Å². The van der Waals surface area contributed by atoms with E-state index < -0.39 is 10.8 Å². The summed E-state index contributed by atoms with van der Waals surface area (Å²) >= 11 is 2.22. The van der Waals surface area contributed by atoms with Crippen LogP contribution >= 0.6 is 22.6 Å². The molecule has 2 aliphatic carbocycles. The van der Waals surface area contributed by atoms with Crippen LogP contribution in [-0.2, 0) is 20.9 Å². The fourth-order valence-corrected chi connectivity index (χ4v) is 6.99. The second-order valence-corrected chi connectivity index (χ2v) is 11.8. The van der Waals surface area contributed by atoms with E-state index in [-0.39, 0.29) is 23.9 Å². The SMILES string of the molecule is CCOc1cc(C2C3=C(CCCC3=O)N(CCCOC)C3=C2C(=O)CCC3)cc(I)c1OCc1ccc([N+](=O)[O-])cc1. The fourth-order valence-electron chi connectivity index (χ4n) is 6.21. The largest absolute Gasteiger partial charge is 0.490 e. The lowest BCUT2D eigenvalue weighted by Crippen LogP contribution is -2.39. The van der Waals surface area contributed by atoms with Crippen LogP contribution in [0.5, 0.6) is 11.5 Å². The van der Waals surface area contributed by atoms with Crippen molar-refractivity contribution in [1.82, 2.24) is 4.90 Å². The highest BCUT2D eigenvalue weighted by Gasteiger charge is 2.43. The van der Waals surface area contributed by atoms with Crippen LogP contribution in [-0.4, -0.2) is 48.3 Å². The van der Waals surface area contributed by atoms with E-state index in [2.05, 4.69) is 27.5 Å². The van der Waals surface area contributed by atoms with Gasteiger partial charge in [-0.2, -0.15) is 0 Å². The van der Waals surface area contributed by atoms with Crippen molar-refractivity contribution in [2.75, 3.05) is 26.9 Å². The van der Waals surface area contributed by atoms with Crippen molar-refractivity contribution in [3.8, 4) is 11.5 Å². The van der Waals surface area contributed by atoms with Crippen LogP contribution in [0.2, 0.25) is 0 Å². The zero-order valence-electron chi connectivity index (χ0n) is 23.9. The molecule has 1 heterocycles. The summed E-state index contributed by atoms with van der Waals surface area (Å²) < 4.78 is 18.4. The molecule has 0 saturated carbocycles. The Morgan fingerprint density at radius 3 is 2.19 bits per heavy atom. The first-order chi connectivity index (χ1) is 20.3. The first-order valence-electron chi connectivity index (χ1n) is 14.4. The number of ketones is 2. The molecular weight excluding hydrogens is 651 g/mol. The number of hydrogen-bond donors (Lipinski definition) is 0. The van der Waals surface area contributed by atoms with Crippen LogP contribution in [0.25, 0.3) is 0 Å². The monoisotopic (exact) mass is 686 g/mol. The highest BCUT2D eigenvalue weighted by atomic mass is 127. The third kappa shape index (κ3) is 6.10. The quantitative estimate of drug-likeness (QED) is 0.112. The lowest BCUT2D eigenvalue weighted by Gasteiger charge is -2.44. The molecule has 0 unspecified atom stereocenters. The van der Waals surface area contributed by atoms with E-state index in [1.165, 1.54) is 12.1 Å². The molecule has 0 fully saturated rings. The van der Waals surface area contributed by atoms with E-state index >= 15 is 0 Å². The van der Waals surface area contributed by atoms with E-state index in [0.717, 1.165) is 75.9 Å². The number of carbonyl (C=O) groups is 2. The second kappa shape index (κ2) is 13.4. The second-order valence-electron chi connectivity index (χ2n) is 10.7. The average Bonchev–Trinajstić information content (AvgIpc) is 2.97. The summed E-state index contributed by atoms with van der Waals surface area (Å²) in [5.41, 5.74) is 5.24. The van der Waals surface area contributed by atoms with Crippen molar-refractivity contribution in [3.05, 3.63) is 83.7 Å². The van der Waals surface area contributed by atoms with Gasteiger partial charge >= 0.3 is 0 Å². The molecule has 0 saturated heterocycles. The van der Waals surface area contributed by atoms with Crippen molar-refractivity contribution in [2.24, 2.45) is 0 Å². The number of hydrogen-bond acceptors (Lipinski definition) is 8. The van der Waals surface area contributed by atoms with Crippen LogP contribution in [0.4, 0.5) is 5.69 Å². The molecule has 0 bridgehead atoms. The van der Waals surface area contributed by atoms with Gasteiger partial charge in [0, 0.05) is 73.7 Å². The Kier molecular flexibility index (Phi) is 9.62. The standard InChI is InChI=1S/C32H35IN2O7/c1-3-41-28-18-21(17-23(33)32(28)42-19-20-11-13-22(14-12-20)35(38)39)29-30-24(7-4-9-26(30)36)34(15-6-16-40-2)25-8-5-10-27(37)31(25)29/h11-14,17-18,29H,3-10,15-16,19H2,1-2H3. The van der Waals surface area contributed by atoms with Crippen LogP contribution < -0.4 is 9.47 Å². The van der Waals surface area contributed by atoms with E-state index in [9.17, 15) is 19.7 Å². The minimum Gasteiger partial charge on any atom is -0.490 e. The molecule has 3 aliphatic rings. The first-order valence-corrected chi connectivity index (χ1v) is 15.5. The van der Waals surface area contributed by atoms with Crippen LogP contribution in [0.1, 0.15) is 68.9 Å². The number of nitrogens with zero attached hydrogens (tertiary/aromatic N) is 2. The smallest absolute Gasteiger partial charge is 0.269 e. The maximum absolute atomic E-state index is 13.6. The van der Waals surface area contributed by atoms with Gasteiger partial charge in [0.25, 0.3) is 5.69 Å². The van der Waals surface area contributed by atoms with Crippen molar-refractivity contribution < 1.29 is 28.7 Å². The fraction of sp³-hybridized carbons (Fsp3) is 0.438. The predicted octanol–water partition coefficient (Wildman–Crippen LogP) is 6.63. The predicted molar refractivity (Wildman–Crippen MR) is 165 cm³/mol. The molecule has 0 amide bonds. The summed E-state index contributed by atoms with van der Waals surface area (Å²) in [7, 11) is 1.69. The molecular formula is C32H35IN2O7. The molecule has 2 aromatic rings. The molecule has 0 spiro atoms. The van der Waals surface area contributed by atoms with Crippen LogP contribution in [0, 0.1) is 13.7 Å². The Morgan fingerprint density at radius 2 is 1.62 bits per heavy atom. The average molecular weight is 687 g/mol. The van der Waals surface area contributed by atoms with E-state index in [0.29, 0.717) is 37.6 Å². The summed E-state index contributed by atoms with van der Waals surface area (Å²) in [6.07, 6.45) is 4.98. The van der Waals surface area contributed by atoms with Crippen molar-refractivity contribution >= 4 is 39.8 Å². The summed E-state index contributed by atoms with van der Waals surface area (Å²) in [4.78, 5) is 40.1. The zero-order valence-corrected chi connectivity index (χ0v) is 26.1. The number of halogens is 1. The summed E-state index contributed by atoms with van der Waals surface area (Å²) in [6.45, 7) is 3.84. The number of nitro groups is 1. The minimum absolute atomic E-state index is 0.0225. The lowest BCUT2D eigenvalue weighted by atomic mass is 9.71. The number of allylic oxidation sites excluding steroid dienone is 4. The molecule has 9 nitrogen and oxygen atoms in total. The lowest BCUT2D eigenvalue weighted by molar-refractivity contribution is -0.384. The molecule has 0 radical (unpaired) electrons. The van der Waals surface area contributed by atoms with Gasteiger partial charge in [0.05, 0.1) is 15.1 Å².